The smallest absolute Gasteiger partial charge is 0.383 e. The van der Waals surface area contributed by atoms with E-state index in [9.17, 15) is 13.2 Å². The van der Waals surface area contributed by atoms with Crippen molar-refractivity contribution in [1.82, 2.24) is 4.90 Å². The van der Waals surface area contributed by atoms with Gasteiger partial charge in [-0.05, 0) is 26.7 Å². The van der Waals surface area contributed by atoms with E-state index in [4.69, 9.17) is 15.2 Å². The molecule has 0 rings (SSSR count). The van der Waals surface area contributed by atoms with Crippen molar-refractivity contribution in [2.75, 3.05) is 40.5 Å². The van der Waals surface area contributed by atoms with Gasteiger partial charge in [0.05, 0.1) is 13.2 Å². The molecule has 7 heteroatoms. The fourth-order valence-electron chi connectivity index (χ4n) is 2.58. The summed E-state index contributed by atoms with van der Waals surface area (Å²) in [6.45, 7) is 5.80. The Morgan fingerprint density at radius 1 is 1.14 bits per heavy atom. The average molecular weight is 314 g/mol. The van der Waals surface area contributed by atoms with Gasteiger partial charge in [0.2, 0.25) is 0 Å². The highest BCUT2D eigenvalue weighted by Crippen LogP contribution is 2.28. The van der Waals surface area contributed by atoms with Crippen molar-refractivity contribution in [2.45, 2.75) is 50.9 Å². The van der Waals surface area contributed by atoms with E-state index < -0.39 is 18.1 Å². The first-order valence-corrected chi connectivity index (χ1v) is 7.21. The van der Waals surface area contributed by atoms with E-state index >= 15 is 0 Å². The minimum Gasteiger partial charge on any atom is -0.383 e. The van der Waals surface area contributed by atoms with E-state index in [2.05, 4.69) is 4.90 Å². The predicted octanol–water partition coefficient (Wildman–Crippen LogP) is 2.42. The monoisotopic (exact) mass is 314 g/mol. The van der Waals surface area contributed by atoms with E-state index in [1.54, 1.807) is 14.2 Å². The Morgan fingerprint density at radius 2 is 1.76 bits per heavy atom. The van der Waals surface area contributed by atoms with Crippen LogP contribution in [0, 0.1) is 0 Å². The van der Waals surface area contributed by atoms with Gasteiger partial charge in [-0.25, -0.2) is 0 Å². The molecule has 0 aliphatic heterocycles. The summed E-state index contributed by atoms with van der Waals surface area (Å²) >= 11 is 0. The maximum atomic E-state index is 12.3. The number of rotatable bonds is 11. The van der Waals surface area contributed by atoms with Gasteiger partial charge in [-0.1, -0.05) is 0 Å². The number of nitrogens with two attached hydrogens (primary N) is 1. The van der Waals surface area contributed by atoms with Gasteiger partial charge in [0.15, 0.2) is 0 Å². The lowest BCUT2D eigenvalue weighted by molar-refractivity contribution is -0.137. The van der Waals surface area contributed by atoms with Crippen LogP contribution in [0.1, 0.15) is 33.1 Å². The lowest BCUT2D eigenvalue weighted by Gasteiger charge is -2.44. The van der Waals surface area contributed by atoms with Gasteiger partial charge >= 0.3 is 6.18 Å². The van der Waals surface area contributed by atoms with Crippen molar-refractivity contribution in [3.63, 3.8) is 0 Å². The fourth-order valence-corrected chi connectivity index (χ4v) is 2.58. The third kappa shape index (κ3) is 7.99. The summed E-state index contributed by atoms with van der Waals surface area (Å²) in [5.74, 6) is 0. The van der Waals surface area contributed by atoms with E-state index in [1.807, 2.05) is 13.8 Å². The van der Waals surface area contributed by atoms with Crippen LogP contribution in [-0.4, -0.2) is 63.2 Å². The molecule has 0 aromatic rings. The summed E-state index contributed by atoms with van der Waals surface area (Å²) in [6, 6.07) is 0.0598. The molecule has 0 amide bonds. The molecule has 0 fully saturated rings. The van der Waals surface area contributed by atoms with Gasteiger partial charge in [-0.15, -0.1) is 0 Å². The average Bonchev–Trinajstić information content (AvgIpc) is 2.38. The summed E-state index contributed by atoms with van der Waals surface area (Å²) in [4.78, 5) is 2.09. The highest BCUT2D eigenvalue weighted by Gasteiger charge is 2.35. The molecule has 0 aliphatic carbocycles. The molecule has 0 saturated carbocycles. The fraction of sp³-hybridized carbons (Fsp3) is 1.00. The van der Waals surface area contributed by atoms with Gasteiger partial charge in [-0.3, -0.25) is 4.90 Å². The Balaban J connectivity index is 4.81. The maximum absolute atomic E-state index is 12.3. The molecule has 0 saturated heterocycles. The molecule has 0 spiro atoms. The molecule has 4 nitrogen and oxygen atoms in total. The zero-order valence-corrected chi connectivity index (χ0v) is 13.5. The molecule has 2 unspecified atom stereocenters. The Kier molecular flexibility index (Phi) is 9.44. The van der Waals surface area contributed by atoms with Crippen LogP contribution in [0.15, 0.2) is 0 Å². The lowest BCUT2D eigenvalue weighted by Crippen LogP contribution is -2.57. The molecule has 128 valence electrons. The van der Waals surface area contributed by atoms with E-state index in [-0.39, 0.29) is 12.5 Å². The predicted molar refractivity (Wildman–Crippen MR) is 77.3 cm³/mol. The van der Waals surface area contributed by atoms with Crippen LogP contribution in [0.3, 0.4) is 0 Å². The van der Waals surface area contributed by atoms with Gasteiger partial charge in [0.1, 0.15) is 0 Å². The van der Waals surface area contributed by atoms with Crippen molar-refractivity contribution >= 4 is 0 Å². The van der Waals surface area contributed by atoms with E-state index in [1.165, 1.54) is 0 Å². The van der Waals surface area contributed by atoms with Gasteiger partial charge < -0.3 is 15.2 Å². The summed E-state index contributed by atoms with van der Waals surface area (Å²) in [5, 5.41) is 0. The topological polar surface area (TPSA) is 47.7 Å². The maximum Gasteiger partial charge on any atom is 0.389 e. The van der Waals surface area contributed by atoms with Crippen LogP contribution in [0.5, 0.6) is 0 Å². The Hall–Kier alpha value is -0.370. The molecule has 0 aromatic heterocycles. The summed E-state index contributed by atoms with van der Waals surface area (Å²) in [7, 11) is 3.21. The Labute approximate surface area is 125 Å². The zero-order chi connectivity index (χ0) is 16.5. The van der Waals surface area contributed by atoms with Crippen LogP contribution < -0.4 is 5.73 Å². The minimum atomic E-state index is -4.12. The third-order valence-electron chi connectivity index (χ3n) is 3.78. The van der Waals surface area contributed by atoms with Crippen LogP contribution in [0.2, 0.25) is 0 Å². The summed E-state index contributed by atoms with van der Waals surface area (Å²) in [5.41, 5.74) is 5.36. The first kappa shape index (κ1) is 20.6. The highest BCUT2D eigenvalue weighted by atomic mass is 19.4. The minimum absolute atomic E-state index is 0.0598. The zero-order valence-electron chi connectivity index (χ0n) is 13.5. The van der Waals surface area contributed by atoms with Crippen LogP contribution >= 0.6 is 0 Å². The molecule has 21 heavy (non-hydrogen) atoms. The van der Waals surface area contributed by atoms with Gasteiger partial charge in [0, 0.05) is 45.3 Å². The number of ether oxygens (including phenoxy) is 2. The van der Waals surface area contributed by atoms with Gasteiger partial charge in [-0.2, -0.15) is 13.2 Å². The van der Waals surface area contributed by atoms with E-state index in [0.717, 1.165) is 0 Å². The quantitative estimate of drug-likeness (QED) is 0.636. The molecule has 0 radical (unpaired) electrons. The second-order valence-electron chi connectivity index (χ2n) is 5.66. The summed E-state index contributed by atoms with van der Waals surface area (Å²) < 4.78 is 47.3. The van der Waals surface area contributed by atoms with E-state index in [0.29, 0.717) is 32.7 Å². The molecule has 0 heterocycles. The molecular formula is C14H29F3N2O2. The summed E-state index contributed by atoms with van der Waals surface area (Å²) in [6.07, 6.45) is -4.44. The number of alkyl halides is 3. The largest absolute Gasteiger partial charge is 0.389 e. The number of methoxy groups -OCH3 is 2. The molecule has 2 N–H and O–H groups in total. The normalized spacial score (nSPS) is 17.0. The standard InChI is InChI=1S/C14H29F3N2O2/c1-12(10-21-4)19(8-9-20-3)13(2,11-18)6-5-7-14(15,16)17/h12H,5-11,18H2,1-4H3. The van der Waals surface area contributed by atoms with Crippen molar-refractivity contribution in [3.8, 4) is 0 Å². The molecule has 2 atom stereocenters. The lowest BCUT2D eigenvalue weighted by atomic mass is 9.91. The number of nitrogens with zero attached hydrogens (tertiary/aromatic N) is 1. The Morgan fingerprint density at radius 3 is 2.19 bits per heavy atom. The molecule has 0 aromatic carbocycles. The molecular weight excluding hydrogens is 285 g/mol. The molecule has 0 aliphatic rings. The SMILES string of the molecule is COCCN(C(C)COC)C(C)(CN)CCCC(F)(F)F. The third-order valence-corrected chi connectivity index (χ3v) is 3.78. The first-order chi connectivity index (χ1) is 9.70. The van der Waals surface area contributed by atoms with Crippen molar-refractivity contribution in [1.29, 1.82) is 0 Å². The first-order valence-electron chi connectivity index (χ1n) is 7.21. The Bertz CT molecular complexity index is 277. The van der Waals surface area contributed by atoms with Gasteiger partial charge in [0.25, 0.3) is 0 Å². The second kappa shape index (κ2) is 9.61. The van der Waals surface area contributed by atoms with Crippen LogP contribution in [0.25, 0.3) is 0 Å². The van der Waals surface area contributed by atoms with Crippen molar-refractivity contribution < 1.29 is 22.6 Å². The number of hydrogen-bond acceptors (Lipinski definition) is 4. The van der Waals surface area contributed by atoms with Crippen LogP contribution in [0.4, 0.5) is 13.2 Å². The number of halogens is 3. The molecule has 0 bridgehead atoms. The van der Waals surface area contributed by atoms with Crippen molar-refractivity contribution in [3.05, 3.63) is 0 Å². The second-order valence-corrected chi connectivity index (χ2v) is 5.66. The highest BCUT2D eigenvalue weighted by molar-refractivity contribution is 4.90. The van der Waals surface area contributed by atoms with Crippen molar-refractivity contribution in [2.24, 2.45) is 5.73 Å². The van der Waals surface area contributed by atoms with Crippen LogP contribution in [-0.2, 0) is 9.47 Å². The number of hydrogen-bond donors (Lipinski definition) is 1.